The van der Waals surface area contributed by atoms with Crippen LogP contribution in [0, 0.1) is 0 Å². The maximum atomic E-state index is 11.7. The minimum Gasteiger partial charge on any atom is -0.481 e. The first kappa shape index (κ1) is 13.0. The van der Waals surface area contributed by atoms with Gasteiger partial charge in [-0.25, -0.2) is 0 Å². The molecule has 98 valence electrons. The highest BCUT2D eigenvalue weighted by Gasteiger charge is 2.10. The zero-order valence-electron chi connectivity index (χ0n) is 10.3. The van der Waals surface area contributed by atoms with Crippen LogP contribution in [0.15, 0.2) is 42.7 Å². The molecule has 1 aromatic carbocycles. The van der Waals surface area contributed by atoms with Crippen LogP contribution < -0.4 is 0 Å². The highest BCUT2D eigenvalue weighted by Crippen LogP contribution is 2.07. The molecule has 5 nitrogen and oxygen atoms in total. The number of aliphatic carboxylic acids is 1. The first-order chi connectivity index (χ1) is 9.15. The maximum Gasteiger partial charge on any atom is 0.303 e. The van der Waals surface area contributed by atoms with Gasteiger partial charge in [0.15, 0.2) is 5.78 Å². The number of carbonyl (C=O) groups is 2. The van der Waals surface area contributed by atoms with Crippen molar-refractivity contribution >= 4 is 11.8 Å². The lowest BCUT2D eigenvalue weighted by molar-refractivity contribution is -0.136. The molecule has 0 atom stereocenters. The van der Waals surface area contributed by atoms with Gasteiger partial charge in [0.05, 0.1) is 24.7 Å². The van der Waals surface area contributed by atoms with Crippen LogP contribution in [-0.2, 0) is 11.3 Å². The number of Topliss-reactive ketones (excluding diaryl/α,β-unsaturated/α-hetero) is 1. The van der Waals surface area contributed by atoms with E-state index >= 15 is 0 Å². The van der Waals surface area contributed by atoms with Gasteiger partial charge in [-0.2, -0.15) is 5.10 Å². The topological polar surface area (TPSA) is 72.2 Å². The van der Waals surface area contributed by atoms with Crippen molar-refractivity contribution in [2.75, 3.05) is 0 Å². The molecule has 2 rings (SSSR count). The van der Waals surface area contributed by atoms with Crippen LogP contribution in [0.2, 0.25) is 0 Å². The Balaban J connectivity index is 1.99. The van der Waals surface area contributed by atoms with E-state index in [0.29, 0.717) is 12.1 Å². The second-order valence-electron chi connectivity index (χ2n) is 4.23. The first-order valence-electron chi connectivity index (χ1n) is 5.96. The zero-order chi connectivity index (χ0) is 13.7. The molecule has 0 aliphatic carbocycles. The molecule has 2 aromatic rings. The van der Waals surface area contributed by atoms with Crippen molar-refractivity contribution < 1.29 is 14.7 Å². The molecule has 0 saturated carbocycles. The highest BCUT2D eigenvalue weighted by molar-refractivity contribution is 5.96. The second kappa shape index (κ2) is 5.95. The van der Waals surface area contributed by atoms with Gasteiger partial charge in [0, 0.05) is 12.6 Å². The monoisotopic (exact) mass is 258 g/mol. The average molecular weight is 258 g/mol. The summed E-state index contributed by atoms with van der Waals surface area (Å²) in [5, 5.41) is 12.6. The van der Waals surface area contributed by atoms with Crippen LogP contribution in [0.25, 0.3) is 0 Å². The second-order valence-corrected chi connectivity index (χ2v) is 4.23. The molecule has 0 aliphatic heterocycles. The molecule has 5 heteroatoms. The Kier molecular flexibility index (Phi) is 4.07. The Labute approximate surface area is 110 Å². The number of ketones is 1. The van der Waals surface area contributed by atoms with Gasteiger partial charge >= 0.3 is 5.97 Å². The van der Waals surface area contributed by atoms with Crippen LogP contribution in [0.3, 0.4) is 0 Å². The van der Waals surface area contributed by atoms with Crippen molar-refractivity contribution in [3.05, 3.63) is 53.9 Å². The van der Waals surface area contributed by atoms with E-state index in [4.69, 9.17) is 5.11 Å². The van der Waals surface area contributed by atoms with E-state index in [0.717, 1.165) is 5.56 Å². The van der Waals surface area contributed by atoms with Gasteiger partial charge in [0.2, 0.25) is 0 Å². The van der Waals surface area contributed by atoms with Crippen LogP contribution >= 0.6 is 0 Å². The van der Waals surface area contributed by atoms with Crippen molar-refractivity contribution in [1.82, 2.24) is 9.78 Å². The fourth-order valence-corrected chi connectivity index (χ4v) is 1.73. The Bertz CT molecular complexity index is 575. The summed E-state index contributed by atoms with van der Waals surface area (Å²) < 4.78 is 1.67. The van der Waals surface area contributed by atoms with Gasteiger partial charge in [-0.05, 0) is 5.56 Å². The summed E-state index contributed by atoms with van der Waals surface area (Å²) in [6.45, 7) is 0.590. The number of rotatable bonds is 6. The van der Waals surface area contributed by atoms with Crippen molar-refractivity contribution in [2.45, 2.75) is 19.4 Å². The van der Waals surface area contributed by atoms with E-state index in [1.165, 1.54) is 6.20 Å². The van der Waals surface area contributed by atoms with E-state index in [-0.39, 0.29) is 18.6 Å². The summed E-state index contributed by atoms with van der Waals surface area (Å²) in [5.74, 6) is -1.16. The largest absolute Gasteiger partial charge is 0.481 e. The van der Waals surface area contributed by atoms with Crippen LogP contribution in [-0.4, -0.2) is 26.6 Å². The third-order valence-electron chi connectivity index (χ3n) is 2.71. The van der Waals surface area contributed by atoms with E-state index in [2.05, 4.69) is 5.10 Å². The molecular formula is C14H14N2O3. The van der Waals surface area contributed by atoms with Gasteiger partial charge in [-0.1, -0.05) is 30.3 Å². The van der Waals surface area contributed by atoms with Crippen molar-refractivity contribution in [3.63, 3.8) is 0 Å². The van der Waals surface area contributed by atoms with Gasteiger partial charge in [-0.15, -0.1) is 0 Å². The smallest absolute Gasteiger partial charge is 0.303 e. The average Bonchev–Trinajstić information content (AvgIpc) is 2.85. The summed E-state index contributed by atoms with van der Waals surface area (Å²) in [5.41, 5.74) is 1.55. The van der Waals surface area contributed by atoms with Crippen LogP contribution in [0.5, 0.6) is 0 Å². The lowest BCUT2D eigenvalue weighted by Crippen LogP contribution is -2.03. The predicted octanol–water partition coefficient (Wildman–Crippen LogP) is 1.98. The molecule has 0 unspecified atom stereocenters. The van der Waals surface area contributed by atoms with Gasteiger partial charge in [-0.3, -0.25) is 14.3 Å². The highest BCUT2D eigenvalue weighted by atomic mass is 16.4. The molecule has 0 spiro atoms. The molecule has 1 heterocycles. The molecule has 19 heavy (non-hydrogen) atoms. The number of benzene rings is 1. The number of nitrogens with zero attached hydrogens (tertiary/aromatic N) is 2. The number of aromatic nitrogens is 2. The molecule has 1 aromatic heterocycles. The molecule has 0 amide bonds. The first-order valence-corrected chi connectivity index (χ1v) is 5.96. The van der Waals surface area contributed by atoms with Crippen molar-refractivity contribution in [1.29, 1.82) is 0 Å². The predicted molar refractivity (Wildman–Crippen MR) is 69.0 cm³/mol. The summed E-state index contributed by atoms with van der Waals surface area (Å²) >= 11 is 0. The standard InChI is InChI=1S/C14H14N2O3/c17-13(6-7-14(18)19)12-8-15-16(10-12)9-11-4-2-1-3-5-11/h1-5,8,10H,6-7,9H2,(H,18,19). The Hall–Kier alpha value is -2.43. The van der Waals surface area contributed by atoms with E-state index in [1.54, 1.807) is 10.9 Å². The van der Waals surface area contributed by atoms with Crippen molar-refractivity contribution in [2.24, 2.45) is 0 Å². The Morgan fingerprint density at radius 3 is 2.58 bits per heavy atom. The SMILES string of the molecule is O=C(O)CCC(=O)c1cnn(Cc2ccccc2)c1. The fraction of sp³-hybridized carbons (Fsp3) is 0.214. The maximum absolute atomic E-state index is 11.7. The van der Waals surface area contributed by atoms with E-state index in [1.807, 2.05) is 30.3 Å². The molecule has 0 radical (unpaired) electrons. The molecule has 0 fully saturated rings. The molecule has 1 N–H and O–H groups in total. The normalized spacial score (nSPS) is 10.3. The van der Waals surface area contributed by atoms with Crippen LogP contribution in [0.4, 0.5) is 0 Å². The Morgan fingerprint density at radius 1 is 1.16 bits per heavy atom. The van der Waals surface area contributed by atoms with Crippen molar-refractivity contribution in [3.8, 4) is 0 Å². The van der Waals surface area contributed by atoms with Gasteiger partial charge in [0.1, 0.15) is 0 Å². The number of carbonyl (C=O) groups excluding carboxylic acids is 1. The number of carboxylic acid groups (broad SMARTS) is 1. The third kappa shape index (κ3) is 3.77. The lowest BCUT2D eigenvalue weighted by atomic mass is 10.1. The molecular weight excluding hydrogens is 244 g/mol. The lowest BCUT2D eigenvalue weighted by Gasteiger charge is -2.00. The number of carboxylic acids is 1. The van der Waals surface area contributed by atoms with E-state index < -0.39 is 5.97 Å². The third-order valence-corrected chi connectivity index (χ3v) is 2.71. The molecule has 0 aliphatic rings. The summed E-state index contributed by atoms with van der Waals surface area (Å²) in [7, 11) is 0. The van der Waals surface area contributed by atoms with E-state index in [9.17, 15) is 9.59 Å². The van der Waals surface area contributed by atoms with Crippen LogP contribution in [0.1, 0.15) is 28.8 Å². The summed E-state index contributed by atoms with van der Waals surface area (Å²) in [6.07, 6.45) is 2.99. The fourth-order valence-electron chi connectivity index (χ4n) is 1.73. The molecule has 0 saturated heterocycles. The molecule has 0 bridgehead atoms. The minimum atomic E-state index is -0.968. The van der Waals surface area contributed by atoms with Gasteiger partial charge in [0.25, 0.3) is 0 Å². The van der Waals surface area contributed by atoms with Gasteiger partial charge < -0.3 is 5.11 Å². The number of hydrogen-bond donors (Lipinski definition) is 1. The number of hydrogen-bond acceptors (Lipinski definition) is 3. The summed E-state index contributed by atoms with van der Waals surface area (Å²) in [6, 6.07) is 9.78. The zero-order valence-corrected chi connectivity index (χ0v) is 10.3. The quantitative estimate of drug-likeness (QED) is 0.804. The summed E-state index contributed by atoms with van der Waals surface area (Å²) in [4.78, 5) is 22.1. The minimum absolute atomic E-state index is 0.00631. The Morgan fingerprint density at radius 2 is 1.89 bits per heavy atom.